The Labute approximate surface area is 122 Å². The summed E-state index contributed by atoms with van der Waals surface area (Å²) in [7, 11) is 1.62. The summed E-state index contributed by atoms with van der Waals surface area (Å²) in [5.74, 6) is 1.87. The molecule has 0 bridgehead atoms. The summed E-state index contributed by atoms with van der Waals surface area (Å²) in [5, 5.41) is 3.79. The molecule has 1 aliphatic heterocycles. The Morgan fingerprint density at radius 1 is 1.38 bits per heavy atom. The van der Waals surface area contributed by atoms with Crippen LogP contribution >= 0.6 is 0 Å². The van der Waals surface area contributed by atoms with Gasteiger partial charge in [-0.3, -0.25) is 4.79 Å². The summed E-state index contributed by atoms with van der Waals surface area (Å²) in [6, 6.07) is 5.72. The van der Waals surface area contributed by atoms with Gasteiger partial charge in [0, 0.05) is 19.0 Å². The van der Waals surface area contributed by atoms with Crippen molar-refractivity contribution in [2.75, 3.05) is 18.6 Å². The number of rotatable bonds is 3. The van der Waals surface area contributed by atoms with Gasteiger partial charge in [0.1, 0.15) is 5.75 Å². The Morgan fingerprint density at radius 2 is 2.19 bits per heavy atom. The lowest BCUT2D eigenvalue weighted by molar-refractivity contribution is -0.117. The van der Waals surface area contributed by atoms with Crippen LogP contribution in [0.5, 0.6) is 5.75 Å². The molecule has 21 heavy (non-hydrogen) atoms. The predicted molar refractivity (Wildman–Crippen MR) is 76.5 cm³/mol. The zero-order valence-corrected chi connectivity index (χ0v) is 12.3. The quantitative estimate of drug-likeness (QED) is 0.865. The van der Waals surface area contributed by atoms with Gasteiger partial charge in [0.2, 0.25) is 11.8 Å². The highest BCUT2D eigenvalue weighted by atomic mass is 16.5. The third-order valence-corrected chi connectivity index (χ3v) is 3.72. The third-order valence-electron chi connectivity index (χ3n) is 3.72. The molecule has 3 rings (SSSR count). The maximum atomic E-state index is 12.3. The highest BCUT2D eigenvalue weighted by molar-refractivity contribution is 5.97. The van der Waals surface area contributed by atoms with Gasteiger partial charge in [-0.2, -0.15) is 4.98 Å². The van der Waals surface area contributed by atoms with E-state index in [1.54, 1.807) is 18.9 Å². The molecule has 0 radical (unpaired) electrons. The van der Waals surface area contributed by atoms with E-state index in [1.165, 1.54) is 0 Å². The largest absolute Gasteiger partial charge is 0.497 e. The maximum absolute atomic E-state index is 12.3. The lowest BCUT2D eigenvalue weighted by Crippen LogP contribution is -2.25. The molecule has 1 amide bonds. The first kappa shape index (κ1) is 13.6. The lowest BCUT2D eigenvalue weighted by atomic mass is 10.1. The minimum atomic E-state index is -0.0516. The van der Waals surface area contributed by atoms with E-state index in [0.29, 0.717) is 24.7 Å². The van der Waals surface area contributed by atoms with Gasteiger partial charge in [0.15, 0.2) is 5.82 Å². The lowest BCUT2D eigenvalue weighted by Gasteiger charge is -2.19. The van der Waals surface area contributed by atoms with E-state index in [-0.39, 0.29) is 11.8 Å². The van der Waals surface area contributed by atoms with Crippen LogP contribution in [0, 0.1) is 13.8 Å². The van der Waals surface area contributed by atoms with Gasteiger partial charge in [-0.25, -0.2) is 0 Å². The molecule has 0 spiro atoms. The van der Waals surface area contributed by atoms with Gasteiger partial charge in [0.25, 0.3) is 0 Å². The molecule has 1 saturated heterocycles. The van der Waals surface area contributed by atoms with E-state index in [0.717, 1.165) is 17.0 Å². The predicted octanol–water partition coefficient (Wildman–Crippen LogP) is 2.22. The van der Waals surface area contributed by atoms with E-state index >= 15 is 0 Å². The maximum Gasteiger partial charge on any atom is 0.232 e. The van der Waals surface area contributed by atoms with Crippen molar-refractivity contribution < 1.29 is 14.1 Å². The van der Waals surface area contributed by atoms with Crippen LogP contribution in [0.1, 0.15) is 29.6 Å². The number of carbonyl (C=O) groups is 1. The SMILES string of the molecule is COc1ccc(C)c(N2CC(c3nc(C)no3)CC2=O)c1. The average Bonchev–Trinajstić information content (AvgIpc) is 3.06. The number of benzene rings is 1. The Hall–Kier alpha value is -2.37. The number of aromatic nitrogens is 2. The molecule has 0 aliphatic carbocycles. The average molecular weight is 287 g/mol. The number of nitrogens with zero attached hydrogens (tertiary/aromatic N) is 3. The van der Waals surface area contributed by atoms with Crippen LogP contribution in [-0.4, -0.2) is 29.7 Å². The van der Waals surface area contributed by atoms with Gasteiger partial charge in [-0.1, -0.05) is 11.2 Å². The minimum Gasteiger partial charge on any atom is -0.497 e. The second-order valence-electron chi connectivity index (χ2n) is 5.24. The Morgan fingerprint density at radius 3 is 2.86 bits per heavy atom. The molecule has 0 saturated carbocycles. The second kappa shape index (κ2) is 5.20. The van der Waals surface area contributed by atoms with Gasteiger partial charge in [-0.05, 0) is 25.5 Å². The third kappa shape index (κ3) is 2.49. The molecule has 1 aromatic heterocycles. The van der Waals surface area contributed by atoms with E-state index in [2.05, 4.69) is 10.1 Å². The Bertz CT molecular complexity index is 681. The van der Waals surface area contributed by atoms with Crippen molar-refractivity contribution in [2.24, 2.45) is 0 Å². The summed E-state index contributed by atoms with van der Waals surface area (Å²) in [4.78, 5) is 18.3. The zero-order chi connectivity index (χ0) is 15.0. The molecule has 110 valence electrons. The number of hydrogen-bond donors (Lipinski definition) is 0. The number of methoxy groups -OCH3 is 1. The molecule has 2 heterocycles. The van der Waals surface area contributed by atoms with Crippen molar-refractivity contribution in [1.82, 2.24) is 10.1 Å². The first-order valence-electron chi connectivity index (χ1n) is 6.83. The monoisotopic (exact) mass is 287 g/mol. The number of ether oxygens (including phenoxy) is 1. The van der Waals surface area contributed by atoms with Crippen molar-refractivity contribution in [3.63, 3.8) is 0 Å². The fourth-order valence-corrected chi connectivity index (χ4v) is 2.59. The van der Waals surface area contributed by atoms with E-state index in [4.69, 9.17) is 9.26 Å². The highest BCUT2D eigenvalue weighted by Gasteiger charge is 2.35. The number of carbonyl (C=O) groups excluding carboxylic acids is 1. The molecule has 1 aromatic carbocycles. The van der Waals surface area contributed by atoms with E-state index in [1.807, 2.05) is 25.1 Å². The molecule has 1 atom stereocenters. The standard InChI is InChI=1S/C15H17N3O3/c1-9-4-5-12(20-3)7-13(9)18-8-11(6-14(18)19)15-16-10(2)17-21-15/h4-5,7,11H,6,8H2,1-3H3. The normalized spacial score (nSPS) is 18.3. The van der Waals surface area contributed by atoms with Gasteiger partial charge < -0.3 is 14.2 Å². The molecule has 6 heteroatoms. The van der Waals surface area contributed by atoms with Crippen LogP contribution in [0.25, 0.3) is 0 Å². The van der Waals surface area contributed by atoms with Crippen LogP contribution in [0.3, 0.4) is 0 Å². The van der Waals surface area contributed by atoms with Crippen molar-refractivity contribution in [3.05, 3.63) is 35.5 Å². The molecular weight excluding hydrogens is 270 g/mol. The fourth-order valence-electron chi connectivity index (χ4n) is 2.59. The van der Waals surface area contributed by atoms with Crippen LogP contribution in [0.15, 0.2) is 22.7 Å². The smallest absolute Gasteiger partial charge is 0.232 e. The van der Waals surface area contributed by atoms with Gasteiger partial charge in [-0.15, -0.1) is 0 Å². The summed E-state index contributed by atoms with van der Waals surface area (Å²) in [5.41, 5.74) is 1.91. The highest BCUT2D eigenvalue weighted by Crippen LogP contribution is 2.34. The van der Waals surface area contributed by atoms with Crippen LogP contribution in [0.4, 0.5) is 5.69 Å². The van der Waals surface area contributed by atoms with E-state index < -0.39 is 0 Å². The minimum absolute atomic E-state index is 0.0516. The van der Waals surface area contributed by atoms with Crippen LogP contribution < -0.4 is 9.64 Å². The molecular formula is C15H17N3O3. The molecule has 6 nitrogen and oxygen atoms in total. The number of anilines is 1. The van der Waals surface area contributed by atoms with Crippen molar-refractivity contribution in [1.29, 1.82) is 0 Å². The van der Waals surface area contributed by atoms with Crippen molar-refractivity contribution in [3.8, 4) is 5.75 Å². The summed E-state index contributed by atoms with van der Waals surface area (Å²) in [6.07, 6.45) is 0.387. The first-order valence-corrected chi connectivity index (χ1v) is 6.83. The molecule has 2 aromatic rings. The van der Waals surface area contributed by atoms with Crippen molar-refractivity contribution in [2.45, 2.75) is 26.2 Å². The number of hydrogen-bond acceptors (Lipinski definition) is 5. The van der Waals surface area contributed by atoms with Gasteiger partial charge >= 0.3 is 0 Å². The summed E-state index contributed by atoms with van der Waals surface area (Å²) < 4.78 is 10.4. The fraction of sp³-hybridized carbons (Fsp3) is 0.400. The molecule has 1 fully saturated rings. The zero-order valence-electron chi connectivity index (χ0n) is 12.3. The molecule has 0 N–H and O–H groups in total. The van der Waals surface area contributed by atoms with E-state index in [9.17, 15) is 4.79 Å². The topological polar surface area (TPSA) is 68.5 Å². The van der Waals surface area contributed by atoms with Gasteiger partial charge in [0.05, 0.1) is 18.7 Å². The number of aryl methyl sites for hydroxylation is 2. The first-order chi connectivity index (χ1) is 10.1. The Kier molecular flexibility index (Phi) is 3.37. The second-order valence-corrected chi connectivity index (χ2v) is 5.24. The summed E-state index contributed by atoms with van der Waals surface area (Å²) in [6.45, 7) is 4.30. The number of amides is 1. The molecule has 1 unspecified atom stereocenters. The summed E-state index contributed by atoms with van der Waals surface area (Å²) >= 11 is 0. The Balaban J connectivity index is 1.88. The van der Waals surface area contributed by atoms with Crippen molar-refractivity contribution >= 4 is 11.6 Å². The van der Waals surface area contributed by atoms with Crippen LogP contribution in [0.2, 0.25) is 0 Å². The molecule has 1 aliphatic rings. The van der Waals surface area contributed by atoms with Crippen LogP contribution in [-0.2, 0) is 4.79 Å².